The quantitative estimate of drug-likeness (QED) is 0.564. The van der Waals surface area contributed by atoms with Gasteiger partial charge in [0.15, 0.2) is 0 Å². The van der Waals surface area contributed by atoms with Gasteiger partial charge < -0.3 is 5.11 Å². The van der Waals surface area contributed by atoms with Gasteiger partial charge in [-0.1, -0.05) is 12.1 Å². The number of carbonyl (C=O) groups is 1. The number of thiol groups is 1. The summed E-state index contributed by atoms with van der Waals surface area (Å²) in [6.45, 7) is 0. The van der Waals surface area contributed by atoms with E-state index in [0.717, 1.165) is 0 Å². The number of hydrogen-bond acceptors (Lipinski definition) is 2. The van der Waals surface area contributed by atoms with Crippen LogP contribution in [-0.4, -0.2) is 11.1 Å². The molecule has 0 atom stereocenters. The third-order valence-corrected chi connectivity index (χ3v) is 1.71. The van der Waals surface area contributed by atoms with Crippen LogP contribution in [0.1, 0.15) is 5.56 Å². The fraction of sp³-hybridized carbons (Fsp3) is 0. The summed E-state index contributed by atoms with van der Waals surface area (Å²) in [6, 6.07) is 5.48. The highest BCUT2D eigenvalue weighted by Gasteiger charge is 2.00. The first-order valence-electron chi connectivity index (χ1n) is 3.49. The monoisotopic (exact) mass is 198 g/mol. The molecule has 0 aromatic heterocycles. The fourth-order valence-corrected chi connectivity index (χ4v) is 0.928. The van der Waals surface area contributed by atoms with Gasteiger partial charge in [-0.05, 0) is 23.8 Å². The van der Waals surface area contributed by atoms with Crippen LogP contribution in [0.15, 0.2) is 29.2 Å². The van der Waals surface area contributed by atoms with Crippen LogP contribution in [0.4, 0.5) is 4.39 Å². The maximum atomic E-state index is 12.4. The van der Waals surface area contributed by atoms with E-state index in [1.54, 1.807) is 0 Å². The first-order valence-corrected chi connectivity index (χ1v) is 3.94. The van der Waals surface area contributed by atoms with E-state index in [2.05, 4.69) is 12.6 Å². The molecule has 0 heterocycles. The second-order valence-corrected chi connectivity index (χ2v) is 2.87. The van der Waals surface area contributed by atoms with Gasteiger partial charge in [0.2, 0.25) is 0 Å². The van der Waals surface area contributed by atoms with Crippen LogP contribution in [0.3, 0.4) is 0 Å². The predicted molar refractivity (Wildman–Crippen MR) is 51.0 cm³/mol. The van der Waals surface area contributed by atoms with Crippen molar-refractivity contribution in [3.63, 3.8) is 0 Å². The molecule has 0 unspecified atom stereocenters. The van der Waals surface area contributed by atoms with E-state index in [1.165, 1.54) is 30.3 Å². The average molecular weight is 198 g/mol. The van der Waals surface area contributed by atoms with E-state index in [4.69, 9.17) is 5.11 Å². The zero-order chi connectivity index (χ0) is 9.84. The first-order chi connectivity index (χ1) is 6.09. The van der Waals surface area contributed by atoms with Crippen molar-refractivity contribution >= 4 is 24.7 Å². The molecule has 13 heavy (non-hydrogen) atoms. The predicted octanol–water partition coefficient (Wildman–Crippen LogP) is 2.18. The molecule has 1 aromatic carbocycles. The Morgan fingerprint density at radius 3 is 2.38 bits per heavy atom. The lowest BCUT2D eigenvalue weighted by atomic mass is 10.2. The largest absolute Gasteiger partial charge is 0.477 e. The smallest absolute Gasteiger partial charge is 0.341 e. The summed E-state index contributed by atoms with van der Waals surface area (Å²) in [4.78, 5) is 10.3. The van der Waals surface area contributed by atoms with Crippen LogP contribution in [0.2, 0.25) is 0 Å². The molecule has 0 aliphatic heterocycles. The molecular formula is C9H7FO2S. The minimum Gasteiger partial charge on any atom is -0.477 e. The summed E-state index contributed by atoms with van der Waals surface area (Å²) in [7, 11) is 0. The molecule has 0 spiro atoms. The Morgan fingerprint density at radius 1 is 1.38 bits per heavy atom. The molecule has 1 rings (SSSR count). The summed E-state index contributed by atoms with van der Waals surface area (Å²) >= 11 is 3.73. The van der Waals surface area contributed by atoms with Crippen molar-refractivity contribution in [1.29, 1.82) is 0 Å². The third kappa shape index (κ3) is 2.91. The number of carboxylic acids is 1. The molecule has 0 amide bonds. The number of carboxylic acid groups (broad SMARTS) is 1. The molecule has 1 N–H and O–H groups in total. The van der Waals surface area contributed by atoms with E-state index in [1.807, 2.05) is 0 Å². The lowest BCUT2D eigenvalue weighted by Crippen LogP contribution is -1.93. The van der Waals surface area contributed by atoms with Gasteiger partial charge in [-0.25, -0.2) is 9.18 Å². The van der Waals surface area contributed by atoms with Gasteiger partial charge in [-0.15, -0.1) is 12.6 Å². The minimum absolute atomic E-state index is 0.0772. The number of halogens is 1. The van der Waals surface area contributed by atoms with E-state index >= 15 is 0 Å². The standard InChI is InChI=1S/C9H7FO2S/c10-7-3-1-6(2-4-7)5-8(13)9(11)12/h1-5,13H,(H,11,12)/b8-5+. The molecule has 4 heteroatoms. The summed E-state index contributed by atoms with van der Waals surface area (Å²) in [5.41, 5.74) is 0.605. The van der Waals surface area contributed by atoms with Crippen molar-refractivity contribution in [3.8, 4) is 0 Å². The first kappa shape index (κ1) is 9.80. The van der Waals surface area contributed by atoms with Gasteiger partial charge in [0.1, 0.15) is 5.82 Å². The molecule has 0 radical (unpaired) electrons. The number of benzene rings is 1. The van der Waals surface area contributed by atoms with Gasteiger partial charge in [0.25, 0.3) is 0 Å². The summed E-state index contributed by atoms with van der Waals surface area (Å²) in [6.07, 6.45) is 1.35. The number of hydrogen-bond donors (Lipinski definition) is 2. The van der Waals surface area contributed by atoms with Gasteiger partial charge in [-0.2, -0.15) is 0 Å². The van der Waals surface area contributed by atoms with Crippen molar-refractivity contribution in [3.05, 3.63) is 40.6 Å². The Labute approximate surface area is 80.1 Å². The molecule has 0 aliphatic rings. The second-order valence-electron chi connectivity index (χ2n) is 2.39. The van der Waals surface area contributed by atoms with Crippen LogP contribution in [0.25, 0.3) is 6.08 Å². The highest BCUT2D eigenvalue weighted by atomic mass is 32.1. The fourth-order valence-electron chi connectivity index (χ4n) is 0.779. The molecule has 2 nitrogen and oxygen atoms in total. The van der Waals surface area contributed by atoms with Crippen LogP contribution in [0, 0.1) is 5.82 Å². The number of aliphatic carboxylic acids is 1. The SMILES string of the molecule is O=C(O)/C(S)=C\c1ccc(F)cc1. The van der Waals surface area contributed by atoms with E-state index < -0.39 is 5.97 Å². The Kier molecular flexibility index (Phi) is 3.08. The summed E-state index contributed by atoms with van der Waals surface area (Å²) < 4.78 is 12.4. The number of rotatable bonds is 2. The highest BCUT2D eigenvalue weighted by molar-refractivity contribution is 7.85. The maximum absolute atomic E-state index is 12.4. The Balaban J connectivity index is 2.92. The van der Waals surface area contributed by atoms with Gasteiger partial charge >= 0.3 is 5.97 Å². The normalized spacial score (nSPS) is 11.4. The maximum Gasteiger partial charge on any atom is 0.341 e. The van der Waals surface area contributed by atoms with Crippen LogP contribution < -0.4 is 0 Å². The van der Waals surface area contributed by atoms with Crippen LogP contribution in [0.5, 0.6) is 0 Å². The molecule has 0 saturated carbocycles. The Hall–Kier alpha value is -1.29. The van der Waals surface area contributed by atoms with Gasteiger partial charge in [0, 0.05) is 0 Å². The molecule has 68 valence electrons. The lowest BCUT2D eigenvalue weighted by molar-refractivity contribution is -0.131. The van der Waals surface area contributed by atoms with Crippen LogP contribution >= 0.6 is 12.6 Å². The molecule has 0 aliphatic carbocycles. The zero-order valence-electron chi connectivity index (χ0n) is 6.57. The van der Waals surface area contributed by atoms with Gasteiger partial charge in [0.05, 0.1) is 4.91 Å². The summed E-state index contributed by atoms with van der Waals surface area (Å²) in [5, 5.41) is 8.48. The lowest BCUT2D eigenvalue weighted by Gasteiger charge is -1.94. The van der Waals surface area contributed by atoms with E-state index in [-0.39, 0.29) is 10.7 Å². The molecule has 0 saturated heterocycles. The van der Waals surface area contributed by atoms with E-state index in [0.29, 0.717) is 5.56 Å². The summed E-state index contributed by atoms with van der Waals surface area (Å²) in [5.74, 6) is -1.46. The van der Waals surface area contributed by atoms with Crippen molar-refractivity contribution < 1.29 is 14.3 Å². The minimum atomic E-state index is -1.10. The molecule has 0 fully saturated rings. The highest BCUT2D eigenvalue weighted by Crippen LogP contribution is 2.10. The Bertz CT molecular complexity index is 343. The van der Waals surface area contributed by atoms with Crippen LogP contribution in [-0.2, 0) is 4.79 Å². The third-order valence-electron chi connectivity index (χ3n) is 1.39. The van der Waals surface area contributed by atoms with Crippen molar-refractivity contribution in [2.45, 2.75) is 0 Å². The van der Waals surface area contributed by atoms with Crippen molar-refractivity contribution in [1.82, 2.24) is 0 Å². The molecular weight excluding hydrogens is 191 g/mol. The molecule has 1 aromatic rings. The van der Waals surface area contributed by atoms with Crippen molar-refractivity contribution in [2.75, 3.05) is 0 Å². The Morgan fingerprint density at radius 2 is 1.92 bits per heavy atom. The van der Waals surface area contributed by atoms with E-state index in [9.17, 15) is 9.18 Å². The zero-order valence-corrected chi connectivity index (χ0v) is 7.46. The molecule has 0 bridgehead atoms. The van der Waals surface area contributed by atoms with Crippen molar-refractivity contribution in [2.24, 2.45) is 0 Å². The second kappa shape index (κ2) is 4.09. The average Bonchev–Trinajstić information content (AvgIpc) is 2.08. The van der Waals surface area contributed by atoms with Gasteiger partial charge in [-0.3, -0.25) is 0 Å². The topological polar surface area (TPSA) is 37.3 Å².